The minimum absolute atomic E-state index is 0.328. The second-order valence-electron chi connectivity index (χ2n) is 5.67. The Morgan fingerprint density at radius 1 is 1.45 bits per heavy atom. The zero-order valence-electron chi connectivity index (χ0n) is 12.1. The van der Waals surface area contributed by atoms with Crippen molar-refractivity contribution in [2.75, 3.05) is 11.9 Å². The van der Waals surface area contributed by atoms with E-state index in [1.54, 1.807) is 18.2 Å². The van der Waals surface area contributed by atoms with Crippen LogP contribution in [0.5, 0.6) is 0 Å². The molecule has 20 heavy (non-hydrogen) atoms. The molecule has 1 aromatic carbocycles. The molecule has 4 heteroatoms. The van der Waals surface area contributed by atoms with Crippen LogP contribution in [0, 0.1) is 0 Å². The number of carboxylic acid groups (broad SMARTS) is 1. The second kappa shape index (κ2) is 7.29. The number of hydrogen-bond donors (Lipinski definition) is 3. The smallest absolute Gasteiger partial charge is 0.335 e. The van der Waals surface area contributed by atoms with Gasteiger partial charge in [0.15, 0.2) is 0 Å². The third-order valence-corrected chi connectivity index (χ3v) is 3.82. The molecule has 0 saturated carbocycles. The summed E-state index contributed by atoms with van der Waals surface area (Å²) in [7, 11) is 0. The van der Waals surface area contributed by atoms with Gasteiger partial charge < -0.3 is 15.7 Å². The summed E-state index contributed by atoms with van der Waals surface area (Å²) < 4.78 is 0. The van der Waals surface area contributed by atoms with Crippen LogP contribution < -0.4 is 10.6 Å². The molecule has 1 aliphatic heterocycles. The first-order chi connectivity index (χ1) is 9.65. The van der Waals surface area contributed by atoms with Crippen LogP contribution in [0.1, 0.15) is 49.4 Å². The van der Waals surface area contributed by atoms with Crippen LogP contribution >= 0.6 is 0 Å². The Morgan fingerprint density at radius 3 is 3.10 bits per heavy atom. The van der Waals surface area contributed by atoms with Crippen LogP contribution in [0.2, 0.25) is 0 Å². The molecule has 4 nitrogen and oxygen atoms in total. The van der Waals surface area contributed by atoms with E-state index >= 15 is 0 Å². The van der Waals surface area contributed by atoms with E-state index in [4.69, 9.17) is 5.11 Å². The minimum Gasteiger partial charge on any atom is -0.478 e. The van der Waals surface area contributed by atoms with E-state index in [9.17, 15) is 4.79 Å². The van der Waals surface area contributed by atoms with Gasteiger partial charge in [0.05, 0.1) is 5.56 Å². The molecule has 0 bridgehead atoms. The van der Waals surface area contributed by atoms with E-state index < -0.39 is 5.97 Å². The molecule has 2 unspecified atom stereocenters. The molecule has 1 heterocycles. The van der Waals surface area contributed by atoms with Crippen molar-refractivity contribution < 1.29 is 9.90 Å². The van der Waals surface area contributed by atoms with Gasteiger partial charge in [-0.3, -0.25) is 0 Å². The third kappa shape index (κ3) is 4.53. The molecule has 1 saturated heterocycles. The molecule has 2 atom stereocenters. The van der Waals surface area contributed by atoms with Crippen molar-refractivity contribution in [3.05, 3.63) is 29.8 Å². The summed E-state index contributed by atoms with van der Waals surface area (Å²) in [6.07, 6.45) is 6.21. The van der Waals surface area contributed by atoms with E-state index in [1.807, 2.05) is 6.07 Å². The lowest BCUT2D eigenvalue weighted by Crippen LogP contribution is -2.33. The molecule has 3 N–H and O–H groups in total. The van der Waals surface area contributed by atoms with E-state index in [1.165, 1.54) is 25.7 Å². The third-order valence-electron chi connectivity index (χ3n) is 3.82. The van der Waals surface area contributed by atoms with Gasteiger partial charge in [0.2, 0.25) is 0 Å². The molecule has 110 valence electrons. The Balaban J connectivity index is 1.88. The Bertz CT molecular complexity index is 440. The lowest BCUT2D eigenvalue weighted by Gasteiger charge is -2.22. The average Bonchev–Trinajstić information content (AvgIpc) is 2.67. The molecular formula is C16H24N2O2. The molecule has 0 radical (unpaired) electrons. The normalized spacial score (nSPS) is 20.9. The first kappa shape index (κ1) is 14.9. The lowest BCUT2D eigenvalue weighted by atomic mass is 10.0. The maximum Gasteiger partial charge on any atom is 0.335 e. The maximum atomic E-state index is 11.0. The van der Waals surface area contributed by atoms with Crippen molar-refractivity contribution in [1.82, 2.24) is 5.32 Å². The molecule has 1 aromatic rings. The number of aromatic carboxylic acids is 1. The quantitative estimate of drug-likeness (QED) is 0.773. The van der Waals surface area contributed by atoms with E-state index in [0.29, 0.717) is 17.6 Å². The Kier molecular flexibility index (Phi) is 5.41. The molecule has 1 fully saturated rings. The first-order valence-corrected chi connectivity index (χ1v) is 7.48. The lowest BCUT2D eigenvalue weighted by molar-refractivity contribution is 0.0697. The summed E-state index contributed by atoms with van der Waals surface area (Å²) in [6.45, 7) is 3.27. The van der Waals surface area contributed by atoms with Crippen LogP contribution in [-0.4, -0.2) is 29.7 Å². The van der Waals surface area contributed by atoms with Crippen LogP contribution in [0.15, 0.2) is 24.3 Å². The zero-order chi connectivity index (χ0) is 14.4. The van der Waals surface area contributed by atoms with Gasteiger partial charge in [0.1, 0.15) is 0 Å². The minimum atomic E-state index is -0.883. The summed E-state index contributed by atoms with van der Waals surface area (Å²) in [5, 5.41) is 16.0. The molecule has 2 rings (SSSR count). The fourth-order valence-electron chi connectivity index (χ4n) is 2.81. The number of anilines is 1. The van der Waals surface area contributed by atoms with Crippen molar-refractivity contribution in [2.45, 2.75) is 51.1 Å². The average molecular weight is 276 g/mol. The largest absolute Gasteiger partial charge is 0.478 e. The molecule has 0 aliphatic carbocycles. The Hall–Kier alpha value is -1.55. The summed E-state index contributed by atoms with van der Waals surface area (Å²) in [4.78, 5) is 11.0. The predicted molar refractivity (Wildman–Crippen MR) is 81.4 cm³/mol. The molecule has 0 amide bonds. The zero-order valence-corrected chi connectivity index (χ0v) is 12.1. The highest BCUT2D eigenvalue weighted by Crippen LogP contribution is 2.16. The number of rotatable bonds is 5. The topological polar surface area (TPSA) is 61.4 Å². The highest BCUT2D eigenvalue weighted by molar-refractivity contribution is 5.88. The molecule has 1 aliphatic rings. The summed E-state index contributed by atoms with van der Waals surface area (Å²) in [5.41, 5.74) is 1.21. The summed E-state index contributed by atoms with van der Waals surface area (Å²) in [6, 6.07) is 7.91. The molecular weight excluding hydrogens is 252 g/mol. The van der Waals surface area contributed by atoms with Gasteiger partial charge in [-0.25, -0.2) is 4.79 Å². The Labute approximate surface area is 120 Å². The van der Waals surface area contributed by atoms with Crippen LogP contribution in [0.3, 0.4) is 0 Å². The van der Waals surface area contributed by atoms with Gasteiger partial charge in [0.25, 0.3) is 0 Å². The summed E-state index contributed by atoms with van der Waals surface area (Å²) >= 11 is 0. The first-order valence-electron chi connectivity index (χ1n) is 7.48. The van der Waals surface area contributed by atoms with Gasteiger partial charge >= 0.3 is 5.97 Å². The monoisotopic (exact) mass is 276 g/mol. The summed E-state index contributed by atoms with van der Waals surface area (Å²) in [5.74, 6) is -0.883. The highest BCUT2D eigenvalue weighted by Gasteiger charge is 2.15. The number of nitrogens with one attached hydrogen (secondary N) is 2. The highest BCUT2D eigenvalue weighted by atomic mass is 16.4. The second-order valence-corrected chi connectivity index (χ2v) is 5.67. The van der Waals surface area contributed by atoms with Gasteiger partial charge in [-0.15, -0.1) is 0 Å². The number of hydrogen-bond acceptors (Lipinski definition) is 3. The SMILES string of the molecule is CC(CC1CCCCCN1)Nc1cccc(C(=O)O)c1. The number of benzene rings is 1. The van der Waals surface area contributed by atoms with Crippen molar-refractivity contribution in [1.29, 1.82) is 0 Å². The van der Waals surface area contributed by atoms with E-state index in [2.05, 4.69) is 17.6 Å². The van der Waals surface area contributed by atoms with Gasteiger partial charge in [0, 0.05) is 17.8 Å². The van der Waals surface area contributed by atoms with E-state index in [0.717, 1.165) is 18.7 Å². The van der Waals surface area contributed by atoms with Gasteiger partial charge in [-0.1, -0.05) is 18.9 Å². The number of carbonyl (C=O) groups is 1. The van der Waals surface area contributed by atoms with Gasteiger partial charge in [-0.2, -0.15) is 0 Å². The Morgan fingerprint density at radius 2 is 2.30 bits per heavy atom. The van der Waals surface area contributed by atoms with Crippen LogP contribution in [0.25, 0.3) is 0 Å². The van der Waals surface area contributed by atoms with Crippen molar-refractivity contribution in [3.63, 3.8) is 0 Å². The fraction of sp³-hybridized carbons (Fsp3) is 0.562. The standard InChI is InChI=1S/C16H24N2O2/c1-12(10-14-7-3-2-4-9-17-14)18-15-8-5-6-13(11-15)16(19)20/h5-6,8,11-12,14,17-18H,2-4,7,9-10H2,1H3,(H,19,20). The maximum absolute atomic E-state index is 11.0. The molecule has 0 aromatic heterocycles. The van der Waals surface area contributed by atoms with Crippen LogP contribution in [0.4, 0.5) is 5.69 Å². The van der Waals surface area contributed by atoms with Crippen molar-refractivity contribution >= 4 is 11.7 Å². The number of carboxylic acids is 1. The van der Waals surface area contributed by atoms with Crippen LogP contribution in [-0.2, 0) is 0 Å². The molecule has 0 spiro atoms. The van der Waals surface area contributed by atoms with Crippen molar-refractivity contribution in [2.24, 2.45) is 0 Å². The fourth-order valence-corrected chi connectivity index (χ4v) is 2.81. The predicted octanol–water partition coefficient (Wildman–Crippen LogP) is 3.11. The van der Waals surface area contributed by atoms with Gasteiger partial charge in [-0.05, 0) is 50.9 Å². The van der Waals surface area contributed by atoms with E-state index in [-0.39, 0.29) is 0 Å². The van der Waals surface area contributed by atoms with Crippen molar-refractivity contribution in [3.8, 4) is 0 Å².